The Morgan fingerprint density at radius 1 is 1.33 bits per heavy atom. The number of hydrogen-bond donors (Lipinski definition) is 1. The van der Waals surface area contributed by atoms with Crippen LogP contribution in [0.2, 0.25) is 0 Å². The van der Waals surface area contributed by atoms with E-state index in [0.29, 0.717) is 6.54 Å². The van der Waals surface area contributed by atoms with Gasteiger partial charge in [-0.1, -0.05) is 18.9 Å². The molecule has 1 aliphatic rings. The zero-order chi connectivity index (χ0) is 10.7. The molecule has 1 saturated carbocycles. The fraction of sp³-hybridized carbons (Fsp3) is 0.538. The van der Waals surface area contributed by atoms with Crippen molar-refractivity contribution >= 4 is 11.8 Å². The zero-order valence-corrected chi connectivity index (χ0v) is 10.1. The van der Waals surface area contributed by atoms with Gasteiger partial charge in [-0.15, -0.1) is 11.8 Å². The summed E-state index contributed by atoms with van der Waals surface area (Å²) in [5.74, 6) is 0. The predicted octanol–water partition coefficient (Wildman–Crippen LogP) is 3.49. The van der Waals surface area contributed by atoms with Gasteiger partial charge in [-0.25, -0.2) is 0 Å². The van der Waals surface area contributed by atoms with Crippen LogP contribution in [0.1, 0.15) is 36.8 Å². The molecule has 1 nitrogen and oxygen atoms in total. The summed E-state index contributed by atoms with van der Waals surface area (Å²) < 4.78 is 0. The van der Waals surface area contributed by atoms with Crippen molar-refractivity contribution < 1.29 is 0 Å². The Kier molecular flexibility index (Phi) is 3.71. The summed E-state index contributed by atoms with van der Waals surface area (Å²) >= 11 is 2.04. The van der Waals surface area contributed by atoms with E-state index in [-0.39, 0.29) is 0 Å². The molecule has 82 valence electrons. The molecule has 15 heavy (non-hydrogen) atoms. The highest BCUT2D eigenvalue weighted by molar-refractivity contribution is 8.00. The summed E-state index contributed by atoms with van der Waals surface area (Å²) in [6.45, 7) is 2.81. The Morgan fingerprint density at radius 3 is 2.67 bits per heavy atom. The third kappa shape index (κ3) is 2.76. The Labute approximate surface area is 96.4 Å². The van der Waals surface area contributed by atoms with Crippen molar-refractivity contribution in [2.45, 2.75) is 49.3 Å². The van der Waals surface area contributed by atoms with Crippen molar-refractivity contribution in [2.75, 3.05) is 0 Å². The fourth-order valence-electron chi connectivity index (χ4n) is 2.17. The summed E-state index contributed by atoms with van der Waals surface area (Å²) in [5, 5.41) is 0.855. The van der Waals surface area contributed by atoms with Crippen LogP contribution in [0.5, 0.6) is 0 Å². The molecular weight excluding hydrogens is 202 g/mol. The first-order valence-electron chi connectivity index (χ1n) is 5.76. The van der Waals surface area contributed by atoms with Crippen LogP contribution in [0.3, 0.4) is 0 Å². The molecule has 0 aromatic heterocycles. The highest BCUT2D eigenvalue weighted by Gasteiger charge is 2.16. The van der Waals surface area contributed by atoms with E-state index in [9.17, 15) is 0 Å². The van der Waals surface area contributed by atoms with Crippen LogP contribution in [0.15, 0.2) is 23.1 Å². The average molecular weight is 221 g/mol. The minimum Gasteiger partial charge on any atom is -0.326 e. The Bertz CT molecular complexity index is 329. The lowest BCUT2D eigenvalue weighted by Gasteiger charge is -2.10. The van der Waals surface area contributed by atoms with Gasteiger partial charge in [0.2, 0.25) is 0 Å². The van der Waals surface area contributed by atoms with Crippen LogP contribution < -0.4 is 5.73 Å². The van der Waals surface area contributed by atoms with Crippen LogP contribution >= 0.6 is 11.8 Å². The van der Waals surface area contributed by atoms with Crippen LogP contribution in [0, 0.1) is 6.92 Å². The summed E-state index contributed by atoms with van der Waals surface area (Å²) in [4.78, 5) is 1.41. The van der Waals surface area contributed by atoms with E-state index in [0.717, 1.165) is 5.25 Å². The Hall–Kier alpha value is -0.470. The van der Waals surface area contributed by atoms with Gasteiger partial charge in [0.05, 0.1) is 0 Å². The average Bonchev–Trinajstić information content (AvgIpc) is 2.71. The first-order valence-corrected chi connectivity index (χ1v) is 6.64. The fourth-order valence-corrected chi connectivity index (χ4v) is 3.51. The minimum atomic E-state index is 0.653. The molecule has 0 heterocycles. The van der Waals surface area contributed by atoms with Crippen LogP contribution in [-0.2, 0) is 6.54 Å². The van der Waals surface area contributed by atoms with Gasteiger partial charge in [-0.3, -0.25) is 0 Å². The van der Waals surface area contributed by atoms with E-state index in [1.54, 1.807) is 0 Å². The summed E-state index contributed by atoms with van der Waals surface area (Å²) in [6.07, 6.45) is 5.61. The molecule has 2 rings (SSSR count). The molecule has 2 heteroatoms. The maximum atomic E-state index is 5.66. The van der Waals surface area contributed by atoms with E-state index >= 15 is 0 Å². The number of hydrogen-bond acceptors (Lipinski definition) is 2. The molecule has 0 saturated heterocycles. The molecule has 1 fully saturated rings. The normalized spacial score (nSPS) is 17.2. The number of thioether (sulfide) groups is 1. The van der Waals surface area contributed by atoms with Gasteiger partial charge in [-0.2, -0.15) is 0 Å². The highest BCUT2D eigenvalue weighted by atomic mass is 32.2. The van der Waals surface area contributed by atoms with Gasteiger partial charge in [-0.05, 0) is 43.0 Å². The second-order valence-corrected chi connectivity index (χ2v) is 5.69. The van der Waals surface area contributed by atoms with Crippen LogP contribution in [0.4, 0.5) is 0 Å². The van der Waals surface area contributed by atoms with Crippen molar-refractivity contribution in [1.29, 1.82) is 0 Å². The molecule has 0 unspecified atom stereocenters. The Morgan fingerprint density at radius 2 is 2.07 bits per heavy atom. The predicted molar refractivity (Wildman–Crippen MR) is 67.2 cm³/mol. The lowest BCUT2D eigenvalue weighted by Crippen LogP contribution is -1.99. The lowest BCUT2D eigenvalue weighted by atomic mass is 10.1. The van der Waals surface area contributed by atoms with Gasteiger partial charge in [0.15, 0.2) is 0 Å². The van der Waals surface area contributed by atoms with Gasteiger partial charge >= 0.3 is 0 Å². The smallest absolute Gasteiger partial charge is 0.0180 e. The van der Waals surface area contributed by atoms with Gasteiger partial charge < -0.3 is 5.73 Å². The number of rotatable bonds is 3. The van der Waals surface area contributed by atoms with E-state index in [2.05, 4.69) is 25.1 Å². The molecular formula is C13H19NS. The van der Waals surface area contributed by atoms with E-state index in [1.807, 2.05) is 11.8 Å². The first-order chi connectivity index (χ1) is 7.29. The maximum absolute atomic E-state index is 5.66. The molecule has 1 aromatic rings. The molecule has 1 aromatic carbocycles. The SMILES string of the molecule is Cc1cc(SC2CCCC2)ccc1CN. The highest BCUT2D eigenvalue weighted by Crippen LogP contribution is 2.35. The van der Waals surface area contributed by atoms with Gasteiger partial charge in [0.25, 0.3) is 0 Å². The third-order valence-corrected chi connectivity index (χ3v) is 4.47. The molecule has 0 radical (unpaired) electrons. The monoisotopic (exact) mass is 221 g/mol. The Balaban J connectivity index is 2.05. The summed E-state index contributed by atoms with van der Waals surface area (Å²) in [7, 11) is 0. The van der Waals surface area contributed by atoms with Crippen LogP contribution in [0.25, 0.3) is 0 Å². The number of aryl methyl sites for hydroxylation is 1. The third-order valence-electron chi connectivity index (χ3n) is 3.14. The second-order valence-electron chi connectivity index (χ2n) is 4.32. The summed E-state index contributed by atoms with van der Waals surface area (Å²) in [6, 6.07) is 6.68. The van der Waals surface area contributed by atoms with Gasteiger partial charge in [0.1, 0.15) is 0 Å². The summed E-state index contributed by atoms with van der Waals surface area (Å²) in [5.41, 5.74) is 8.26. The van der Waals surface area contributed by atoms with E-state index in [1.165, 1.54) is 41.7 Å². The molecule has 0 bridgehead atoms. The van der Waals surface area contributed by atoms with E-state index in [4.69, 9.17) is 5.73 Å². The quantitative estimate of drug-likeness (QED) is 0.845. The molecule has 0 amide bonds. The van der Waals surface area contributed by atoms with Gasteiger partial charge in [0, 0.05) is 16.7 Å². The number of benzene rings is 1. The van der Waals surface area contributed by atoms with Crippen molar-refractivity contribution in [3.8, 4) is 0 Å². The zero-order valence-electron chi connectivity index (χ0n) is 9.33. The minimum absolute atomic E-state index is 0.653. The molecule has 0 atom stereocenters. The molecule has 2 N–H and O–H groups in total. The van der Waals surface area contributed by atoms with Crippen LogP contribution in [-0.4, -0.2) is 5.25 Å². The van der Waals surface area contributed by atoms with E-state index < -0.39 is 0 Å². The maximum Gasteiger partial charge on any atom is 0.0180 e. The number of nitrogens with two attached hydrogens (primary N) is 1. The molecule has 0 spiro atoms. The standard InChI is InChI=1S/C13H19NS/c1-10-8-13(7-6-11(10)9-14)15-12-4-2-3-5-12/h6-8,12H,2-5,9,14H2,1H3. The molecule has 1 aliphatic carbocycles. The second kappa shape index (κ2) is 5.04. The van der Waals surface area contributed by atoms with Crippen molar-refractivity contribution in [1.82, 2.24) is 0 Å². The topological polar surface area (TPSA) is 26.0 Å². The lowest BCUT2D eigenvalue weighted by molar-refractivity contribution is 0.886. The largest absolute Gasteiger partial charge is 0.326 e. The first kappa shape index (κ1) is 11.0. The molecule has 0 aliphatic heterocycles. The van der Waals surface area contributed by atoms with Crippen molar-refractivity contribution in [3.63, 3.8) is 0 Å². The van der Waals surface area contributed by atoms with Crippen molar-refractivity contribution in [3.05, 3.63) is 29.3 Å². The van der Waals surface area contributed by atoms with Crippen molar-refractivity contribution in [2.24, 2.45) is 5.73 Å².